The molecule has 192 valence electrons. The predicted molar refractivity (Wildman–Crippen MR) is 135 cm³/mol. The van der Waals surface area contributed by atoms with Gasteiger partial charge in [-0.05, 0) is 32.9 Å². The Labute approximate surface area is 209 Å². The zero-order chi connectivity index (χ0) is 26.5. The first-order valence-electron chi connectivity index (χ1n) is 10.8. The SMILES string of the molecule is COc1cc(NS(=O)(=O)c2cnn(C)c2)cc(-c2cnc3cc(OC)c(S(=O)(=O)C(C)(C)C)cn23)c1. The number of anilines is 1. The molecule has 3 heterocycles. The van der Waals surface area contributed by atoms with Crippen molar-refractivity contribution < 1.29 is 26.3 Å². The third-order valence-corrected chi connectivity index (χ3v) is 9.41. The van der Waals surface area contributed by atoms with Gasteiger partial charge in [-0.3, -0.25) is 13.8 Å². The molecule has 0 atom stereocenters. The predicted octanol–water partition coefficient (Wildman–Crippen LogP) is 3.13. The molecular weight excluding hydrogens is 506 g/mol. The Hall–Kier alpha value is -3.58. The fraction of sp³-hybridized carbons (Fsp3) is 0.304. The summed E-state index contributed by atoms with van der Waals surface area (Å²) in [5, 5.41) is 3.91. The molecule has 0 saturated carbocycles. The van der Waals surface area contributed by atoms with Crippen LogP contribution in [-0.2, 0) is 26.9 Å². The van der Waals surface area contributed by atoms with Crippen LogP contribution in [0.5, 0.6) is 11.5 Å². The number of aromatic nitrogens is 4. The molecule has 1 N–H and O–H groups in total. The van der Waals surface area contributed by atoms with Crippen LogP contribution in [0.15, 0.2) is 58.8 Å². The largest absolute Gasteiger partial charge is 0.497 e. The summed E-state index contributed by atoms with van der Waals surface area (Å²) < 4.78 is 67.5. The zero-order valence-electron chi connectivity index (χ0n) is 20.7. The number of fused-ring (bicyclic) bond motifs is 1. The minimum absolute atomic E-state index is 0.00768. The fourth-order valence-electron chi connectivity index (χ4n) is 3.57. The van der Waals surface area contributed by atoms with Crippen molar-refractivity contribution in [3.8, 4) is 22.8 Å². The molecule has 0 saturated heterocycles. The van der Waals surface area contributed by atoms with Gasteiger partial charge >= 0.3 is 0 Å². The van der Waals surface area contributed by atoms with Gasteiger partial charge < -0.3 is 9.47 Å². The molecule has 0 radical (unpaired) electrons. The molecular formula is C23H27N5O6S2. The van der Waals surface area contributed by atoms with Crippen LogP contribution in [0.25, 0.3) is 16.9 Å². The van der Waals surface area contributed by atoms with Gasteiger partial charge in [0.2, 0.25) is 0 Å². The van der Waals surface area contributed by atoms with E-state index in [-0.39, 0.29) is 21.2 Å². The van der Waals surface area contributed by atoms with Crippen LogP contribution < -0.4 is 14.2 Å². The molecule has 0 unspecified atom stereocenters. The van der Waals surface area contributed by atoms with E-state index in [4.69, 9.17) is 9.47 Å². The summed E-state index contributed by atoms with van der Waals surface area (Å²) in [6.07, 6.45) is 5.67. The molecule has 0 fully saturated rings. The van der Waals surface area contributed by atoms with E-state index in [9.17, 15) is 16.8 Å². The Morgan fingerprint density at radius 1 is 0.944 bits per heavy atom. The van der Waals surface area contributed by atoms with Gasteiger partial charge in [0, 0.05) is 37.1 Å². The second kappa shape index (κ2) is 8.82. The topological polar surface area (TPSA) is 134 Å². The Balaban J connectivity index is 1.87. The average molecular weight is 534 g/mol. The van der Waals surface area contributed by atoms with Crippen molar-refractivity contribution >= 4 is 31.2 Å². The maximum Gasteiger partial charge on any atom is 0.265 e. The number of rotatable bonds is 7. The number of sulfone groups is 1. The van der Waals surface area contributed by atoms with Crippen LogP contribution in [0, 0.1) is 0 Å². The normalized spacial score (nSPS) is 12.6. The number of nitrogens with one attached hydrogen (secondary N) is 1. The summed E-state index contributed by atoms with van der Waals surface area (Å²) in [5.41, 5.74) is 1.78. The van der Waals surface area contributed by atoms with E-state index in [2.05, 4.69) is 14.8 Å². The first-order valence-corrected chi connectivity index (χ1v) is 13.7. The van der Waals surface area contributed by atoms with E-state index in [1.54, 1.807) is 62.7 Å². The van der Waals surface area contributed by atoms with Crippen molar-refractivity contribution in [1.82, 2.24) is 19.2 Å². The third kappa shape index (κ3) is 4.51. The minimum Gasteiger partial charge on any atom is -0.497 e. The Bertz CT molecular complexity index is 1660. The number of imidazole rings is 1. The molecule has 11 nitrogen and oxygen atoms in total. The summed E-state index contributed by atoms with van der Waals surface area (Å²) in [4.78, 5) is 4.42. The molecule has 0 amide bonds. The number of nitrogens with zero attached hydrogens (tertiary/aromatic N) is 4. The maximum absolute atomic E-state index is 13.3. The van der Waals surface area contributed by atoms with Crippen LogP contribution in [0.4, 0.5) is 5.69 Å². The second-order valence-electron chi connectivity index (χ2n) is 9.10. The Morgan fingerprint density at radius 3 is 2.25 bits per heavy atom. The molecule has 0 spiro atoms. The molecule has 3 aromatic heterocycles. The summed E-state index contributed by atoms with van der Waals surface area (Å²) in [5.74, 6) is 0.576. The van der Waals surface area contributed by atoms with Gasteiger partial charge in [-0.25, -0.2) is 21.8 Å². The summed E-state index contributed by atoms with van der Waals surface area (Å²) in [7, 11) is -3.17. The van der Waals surface area contributed by atoms with E-state index in [1.165, 1.54) is 37.5 Å². The number of ether oxygens (including phenoxy) is 2. The molecule has 0 aliphatic rings. The van der Waals surface area contributed by atoms with Crippen molar-refractivity contribution in [3.63, 3.8) is 0 Å². The zero-order valence-corrected chi connectivity index (χ0v) is 22.3. The lowest BCUT2D eigenvalue weighted by Gasteiger charge is -2.21. The number of hydrogen-bond acceptors (Lipinski definition) is 8. The van der Waals surface area contributed by atoms with E-state index in [0.717, 1.165) is 0 Å². The quantitative estimate of drug-likeness (QED) is 0.383. The van der Waals surface area contributed by atoms with Gasteiger partial charge in [0.15, 0.2) is 9.84 Å². The molecule has 0 aliphatic carbocycles. The molecule has 0 bridgehead atoms. The molecule has 1 aromatic carbocycles. The highest BCUT2D eigenvalue weighted by Crippen LogP contribution is 2.36. The lowest BCUT2D eigenvalue weighted by Crippen LogP contribution is -2.28. The van der Waals surface area contributed by atoms with E-state index in [0.29, 0.717) is 22.7 Å². The van der Waals surface area contributed by atoms with Gasteiger partial charge in [0.1, 0.15) is 26.9 Å². The maximum atomic E-state index is 13.3. The second-order valence-corrected chi connectivity index (χ2v) is 13.5. The summed E-state index contributed by atoms with van der Waals surface area (Å²) in [6, 6.07) is 6.41. The van der Waals surface area contributed by atoms with Gasteiger partial charge in [-0.2, -0.15) is 5.10 Å². The smallest absolute Gasteiger partial charge is 0.265 e. The van der Waals surface area contributed by atoms with Gasteiger partial charge in [0.25, 0.3) is 10.0 Å². The van der Waals surface area contributed by atoms with Gasteiger partial charge in [0.05, 0.1) is 42.7 Å². The summed E-state index contributed by atoms with van der Waals surface area (Å²) >= 11 is 0. The minimum atomic E-state index is -3.90. The van der Waals surface area contributed by atoms with Crippen molar-refractivity contribution in [1.29, 1.82) is 0 Å². The monoisotopic (exact) mass is 533 g/mol. The average Bonchev–Trinajstić information content (AvgIpc) is 3.43. The first-order chi connectivity index (χ1) is 16.8. The third-order valence-electron chi connectivity index (χ3n) is 5.57. The van der Waals surface area contributed by atoms with Crippen LogP contribution >= 0.6 is 0 Å². The highest BCUT2D eigenvalue weighted by Gasteiger charge is 2.34. The van der Waals surface area contributed by atoms with Crippen LogP contribution in [-0.4, -0.2) is 55.0 Å². The fourth-order valence-corrected chi connectivity index (χ4v) is 5.90. The lowest BCUT2D eigenvalue weighted by molar-refractivity contribution is 0.401. The number of hydrogen-bond donors (Lipinski definition) is 1. The highest BCUT2D eigenvalue weighted by atomic mass is 32.2. The molecule has 4 rings (SSSR count). The van der Waals surface area contributed by atoms with Crippen LogP contribution in [0.2, 0.25) is 0 Å². The van der Waals surface area contributed by atoms with Crippen LogP contribution in [0.3, 0.4) is 0 Å². The highest BCUT2D eigenvalue weighted by molar-refractivity contribution is 7.93. The Morgan fingerprint density at radius 2 is 1.67 bits per heavy atom. The van der Waals surface area contributed by atoms with Crippen molar-refractivity contribution in [2.24, 2.45) is 7.05 Å². The first kappa shape index (κ1) is 25.5. The lowest BCUT2D eigenvalue weighted by atomic mass is 10.1. The van der Waals surface area contributed by atoms with Crippen molar-refractivity contribution in [2.75, 3.05) is 18.9 Å². The van der Waals surface area contributed by atoms with E-state index in [1.807, 2.05) is 0 Å². The Kier molecular flexibility index (Phi) is 6.25. The number of aryl methyl sites for hydroxylation is 1. The van der Waals surface area contributed by atoms with Gasteiger partial charge in [-0.15, -0.1) is 0 Å². The van der Waals surface area contributed by atoms with Crippen LogP contribution in [0.1, 0.15) is 20.8 Å². The number of benzene rings is 1. The summed E-state index contributed by atoms with van der Waals surface area (Å²) in [6.45, 7) is 4.84. The molecule has 4 aromatic rings. The van der Waals surface area contributed by atoms with Crippen molar-refractivity contribution in [2.45, 2.75) is 35.3 Å². The number of pyridine rings is 1. The molecule has 0 aliphatic heterocycles. The van der Waals surface area contributed by atoms with E-state index < -0.39 is 24.6 Å². The van der Waals surface area contributed by atoms with E-state index >= 15 is 0 Å². The number of sulfonamides is 1. The molecule has 36 heavy (non-hydrogen) atoms. The van der Waals surface area contributed by atoms with Crippen molar-refractivity contribution in [3.05, 3.63) is 49.1 Å². The standard InChI is InChI=1S/C23H27N5O6S2/c1-23(2,3)35(29,30)21-14-28-19(12-24-22(28)10-20(21)34-6)15-7-16(9-17(8-15)33-5)26-36(31,32)18-11-25-27(4)13-18/h7-14,26H,1-6H3. The number of methoxy groups -OCH3 is 2. The van der Waals surface area contributed by atoms with Gasteiger partial charge in [-0.1, -0.05) is 0 Å². The molecule has 13 heteroatoms.